The van der Waals surface area contributed by atoms with E-state index >= 15 is 0 Å². The number of hydrogen-bond donors (Lipinski definition) is 0. The number of aromatic nitrogens is 2. The van der Waals surface area contributed by atoms with E-state index in [1.807, 2.05) is 29.3 Å². The van der Waals surface area contributed by atoms with Gasteiger partial charge >= 0.3 is 0 Å². The summed E-state index contributed by atoms with van der Waals surface area (Å²) >= 11 is 0. The number of rotatable bonds is 5. The number of aryl methyl sites for hydroxylation is 2. The summed E-state index contributed by atoms with van der Waals surface area (Å²) in [4.78, 5) is 26.7. The Bertz CT molecular complexity index is 1100. The van der Waals surface area contributed by atoms with Gasteiger partial charge in [0.2, 0.25) is 0 Å². The Balaban J connectivity index is 1.45. The van der Waals surface area contributed by atoms with Crippen molar-refractivity contribution in [1.82, 2.24) is 19.8 Å². The molecule has 33 heavy (non-hydrogen) atoms. The van der Waals surface area contributed by atoms with Gasteiger partial charge in [-0.05, 0) is 48.7 Å². The summed E-state index contributed by atoms with van der Waals surface area (Å²) < 4.78 is 6.42. The van der Waals surface area contributed by atoms with E-state index in [9.17, 15) is 4.79 Å². The minimum Gasteiger partial charge on any atom is -0.361 e. The number of ether oxygens (including phenoxy) is 1. The summed E-state index contributed by atoms with van der Waals surface area (Å²) in [5.74, 6) is 0.00665. The molecule has 2 aromatic heterocycles. The molecule has 4 heterocycles. The van der Waals surface area contributed by atoms with Gasteiger partial charge in [-0.3, -0.25) is 19.7 Å². The van der Waals surface area contributed by atoms with Gasteiger partial charge in [-0.25, -0.2) is 0 Å². The van der Waals surface area contributed by atoms with Crippen molar-refractivity contribution >= 4 is 5.91 Å². The average molecular weight is 443 g/mol. The number of amides is 1. The van der Waals surface area contributed by atoms with E-state index in [0.29, 0.717) is 26.2 Å². The second-order valence-corrected chi connectivity index (χ2v) is 9.32. The predicted molar refractivity (Wildman–Crippen MR) is 127 cm³/mol. The summed E-state index contributed by atoms with van der Waals surface area (Å²) in [7, 11) is 0. The number of carbonyl (C=O) groups is 1. The number of benzene rings is 1. The van der Waals surface area contributed by atoms with Crippen LogP contribution in [0, 0.1) is 13.8 Å². The van der Waals surface area contributed by atoms with E-state index in [1.165, 1.54) is 16.7 Å². The van der Waals surface area contributed by atoms with E-state index in [0.717, 1.165) is 24.2 Å². The molecular weight excluding hydrogens is 412 g/mol. The highest BCUT2D eigenvalue weighted by Crippen LogP contribution is 2.42. The second kappa shape index (κ2) is 9.04. The van der Waals surface area contributed by atoms with Crippen molar-refractivity contribution in [2.75, 3.05) is 26.2 Å². The first-order chi connectivity index (χ1) is 16.0. The molecule has 2 aliphatic heterocycles. The van der Waals surface area contributed by atoms with Crippen molar-refractivity contribution in [3.8, 4) is 0 Å². The van der Waals surface area contributed by atoms with Gasteiger partial charge in [-0.1, -0.05) is 35.4 Å². The van der Waals surface area contributed by atoms with Crippen LogP contribution in [0.2, 0.25) is 0 Å². The molecule has 2 fully saturated rings. The first-order valence-electron chi connectivity index (χ1n) is 11.6. The Labute approximate surface area is 195 Å². The first-order valence-corrected chi connectivity index (χ1v) is 11.6. The molecule has 6 heteroatoms. The van der Waals surface area contributed by atoms with Crippen LogP contribution in [0.3, 0.4) is 0 Å². The van der Waals surface area contributed by atoms with Crippen LogP contribution in [-0.2, 0) is 22.6 Å². The average Bonchev–Trinajstić information content (AvgIpc) is 3.16. The molecule has 0 N–H and O–H groups in total. The monoisotopic (exact) mass is 442 g/mol. The van der Waals surface area contributed by atoms with Crippen LogP contribution in [0.4, 0.5) is 0 Å². The van der Waals surface area contributed by atoms with Crippen LogP contribution in [0.5, 0.6) is 0 Å². The fourth-order valence-electron chi connectivity index (χ4n) is 5.40. The van der Waals surface area contributed by atoms with Crippen LogP contribution in [-0.4, -0.2) is 57.5 Å². The van der Waals surface area contributed by atoms with Gasteiger partial charge in [-0.2, -0.15) is 0 Å². The Kier molecular flexibility index (Phi) is 5.96. The Morgan fingerprint density at radius 3 is 2.52 bits per heavy atom. The predicted octanol–water partition coefficient (Wildman–Crippen LogP) is 3.49. The molecule has 0 radical (unpaired) electrons. The third-order valence-corrected chi connectivity index (χ3v) is 6.73. The molecule has 5 rings (SSSR count). The lowest BCUT2D eigenvalue weighted by molar-refractivity contribution is -0.173. The standard InChI is InChI=1S/C27H30N4O2/c1-20-12-21(2)14-23(13-20)16-30-18-25(24-4-3-7-29-15-24)27(19-30)26(32)31(10-11-33-27)17-22-5-8-28-9-6-22/h3-9,12-15,25H,10-11,16-19H2,1-2H3/t25-,27+/m0/s1. The van der Waals surface area contributed by atoms with Crippen molar-refractivity contribution in [3.63, 3.8) is 0 Å². The SMILES string of the molecule is Cc1cc(C)cc(CN2C[C@@H](c3cccnc3)[C@@]3(C2)OCCN(Cc2ccncc2)C3=O)c1. The summed E-state index contributed by atoms with van der Waals surface area (Å²) in [5.41, 5.74) is 5.03. The lowest BCUT2D eigenvalue weighted by Crippen LogP contribution is -2.59. The van der Waals surface area contributed by atoms with Crippen LogP contribution in [0.25, 0.3) is 0 Å². The highest BCUT2D eigenvalue weighted by Gasteiger charge is 2.56. The van der Waals surface area contributed by atoms with E-state index in [2.05, 4.69) is 53.0 Å². The fraction of sp³-hybridized carbons (Fsp3) is 0.370. The lowest BCUT2D eigenvalue weighted by Gasteiger charge is -2.42. The molecule has 3 aromatic rings. The van der Waals surface area contributed by atoms with Crippen molar-refractivity contribution in [3.05, 3.63) is 95.1 Å². The number of morpholine rings is 1. The van der Waals surface area contributed by atoms with Gasteiger partial charge in [0.1, 0.15) is 0 Å². The lowest BCUT2D eigenvalue weighted by atomic mass is 9.83. The number of pyridine rings is 2. The summed E-state index contributed by atoms with van der Waals surface area (Å²) in [5, 5.41) is 0. The van der Waals surface area contributed by atoms with E-state index in [1.54, 1.807) is 18.6 Å². The summed E-state index contributed by atoms with van der Waals surface area (Å²) in [6, 6.07) is 14.6. The molecule has 2 aliphatic rings. The van der Waals surface area contributed by atoms with Gasteiger partial charge in [0.25, 0.3) is 5.91 Å². The number of hydrogen-bond acceptors (Lipinski definition) is 5. The first kappa shape index (κ1) is 21.7. The Hall–Kier alpha value is -3.09. The second-order valence-electron chi connectivity index (χ2n) is 9.32. The smallest absolute Gasteiger partial charge is 0.257 e. The fourth-order valence-corrected chi connectivity index (χ4v) is 5.40. The largest absolute Gasteiger partial charge is 0.361 e. The molecular formula is C27H30N4O2. The number of nitrogens with zero attached hydrogens (tertiary/aromatic N) is 4. The van der Waals surface area contributed by atoms with Gasteiger partial charge in [-0.15, -0.1) is 0 Å². The molecule has 6 nitrogen and oxygen atoms in total. The Morgan fingerprint density at radius 2 is 1.79 bits per heavy atom. The maximum atomic E-state index is 14.0. The summed E-state index contributed by atoms with van der Waals surface area (Å²) in [6.07, 6.45) is 7.20. The highest BCUT2D eigenvalue weighted by molar-refractivity contribution is 5.88. The molecule has 0 unspecified atom stereocenters. The van der Waals surface area contributed by atoms with Crippen LogP contribution in [0.15, 0.2) is 67.3 Å². The van der Waals surface area contributed by atoms with Crippen LogP contribution >= 0.6 is 0 Å². The molecule has 1 amide bonds. The van der Waals surface area contributed by atoms with Crippen LogP contribution < -0.4 is 0 Å². The minimum atomic E-state index is -0.896. The van der Waals surface area contributed by atoms with Gasteiger partial charge in [0.05, 0.1) is 6.61 Å². The van der Waals surface area contributed by atoms with Gasteiger partial charge < -0.3 is 9.64 Å². The van der Waals surface area contributed by atoms with Crippen LogP contribution in [0.1, 0.15) is 33.7 Å². The number of carbonyl (C=O) groups excluding carboxylic acids is 1. The van der Waals surface area contributed by atoms with E-state index in [-0.39, 0.29) is 11.8 Å². The molecule has 2 atom stereocenters. The zero-order chi connectivity index (χ0) is 22.8. The zero-order valence-corrected chi connectivity index (χ0v) is 19.3. The molecule has 1 spiro atoms. The molecule has 0 saturated carbocycles. The zero-order valence-electron chi connectivity index (χ0n) is 19.3. The van der Waals surface area contributed by atoms with E-state index in [4.69, 9.17) is 4.74 Å². The van der Waals surface area contributed by atoms with Gasteiger partial charge in [0.15, 0.2) is 5.60 Å². The van der Waals surface area contributed by atoms with Gasteiger partial charge in [0, 0.05) is 63.4 Å². The highest BCUT2D eigenvalue weighted by atomic mass is 16.5. The third kappa shape index (κ3) is 4.41. The molecule has 1 aromatic carbocycles. The molecule has 0 bridgehead atoms. The quantitative estimate of drug-likeness (QED) is 0.605. The van der Waals surface area contributed by atoms with Crippen molar-refractivity contribution in [2.24, 2.45) is 0 Å². The maximum Gasteiger partial charge on any atom is 0.257 e. The number of likely N-dealkylation sites (tertiary alicyclic amines) is 1. The van der Waals surface area contributed by atoms with Crippen molar-refractivity contribution < 1.29 is 9.53 Å². The van der Waals surface area contributed by atoms with Crippen molar-refractivity contribution in [1.29, 1.82) is 0 Å². The third-order valence-electron chi connectivity index (χ3n) is 6.73. The van der Waals surface area contributed by atoms with Crippen molar-refractivity contribution in [2.45, 2.75) is 38.5 Å². The normalized spacial score (nSPS) is 23.4. The summed E-state index contributed by atoms with van der Waals surface area (Å²) in [6.45, 7) is 8.09. The van der Waals surface area contributed by atoms with E-state index < -0.39 is 5.60 Å². The maximum absolute atomic E-state index is 14.0. The Morgan fingerprint density at radius 1 is 1.00 bits per heavy atom. The molecule has 0 aliphatic carbocycles. The molecule has 170 valence electrons. The topological polar surface area (TPSA) is 58.6 Å². The molecule has 2 saturated heterocycles. The minimum absolute atomic E-state index is 0.0650.